The molecule has 0 aromatic rings. The minimum Gasteiger partial charge on any atom is -0.480 e. The highest BCUT2D eigenvalue weighted by atomic mass is 16.4. The third-order valence-corrected chi connectivity index (χ3v) is 1.82. The number of rotatable bonds is 5. The molecule has 0 unspecified atom stereocenters. The van der Waals surface area contributed by atoms with Crippen LogP contribution < -0.4 is 11.1 Å². The number of amides is 1. The third-order valence-electron chi connectivity index (χ3n) is 1.82. The summed E-state index contributed by atoms with van der Waals surface area (Å²) in [6, 6.07) is -2.05. The molecule has 0 aliphatic heterocycles. The second kappa shape index (κ2) is 5.56. The first-order chi connectivity index (χ1) is 6.40. The Kier molecular flexibility index (Phi) is 5.11. The smallest absolute Gasteiger partial charge is 0.328 e. The first-order valence-electron chi connectivity index (χ1n) is 4.37. The van der Waals surface area contributed by atoms with Gasteiger partial charge in [-0.2, -0.15) is 0 Å². The van der Waals surface area contributed by atoms with Crippen LogP contribution in [0.3, 0.4) is 0 Å². The van der Waals surface area contributed by atoms with Crippen molar-refractivity contribution in [3.05, 3.63) is 0 Å². The highest BCUT2D eigenvalue weighted by Crippen LogP contribution is 1.95. The predicted octanol–water partition coefficient (Wildman–Crippen LogP) is -1.33. The number of carboxylic acids is 1. The van der Waals surface area contributed by atoms with Gasteiger partial charge in [-0.15, -0.1) is 0 Å². The van der Waals surface area contributed by atoms with E-state index in [-0.39, 0.29) is 0 Å². The first-order valence-corrected chi connectivity index (χ1v) is 4.37. The van der Waals surface area contributed by atoms with Crippen molar-refractivity contribution in [2.75, 3.05) is 0 Å². The molecule has 0 saturated heterocycles. The monoisotopic (exact) mass is 204 g/mol. The Bertz CT molecular complexity index is 217. The Morgan fingerprint density at radius 2 is 2.00 bits per heavy atom. The van der Waals surface area contributed by atoms with Crippen LogP contribution in [-0.4, -0.2) is 40.3 Å². The quantitative estimate of drug-likeness (QED) is 0.443. The number of carbonyl (C=O) groups is 2. The fraction of sp³-hybridized carbons (Fsp3) is 0.750. The van der Waals surface area contributed by atoms with Gasteiger partial charge in [0.25, 0.3) is 0 Å². The lowest BCUT2D eigenvalue weighted by Gasteiger charge is -2.18. The van der Waals surface area contributed by atoms with Gasteiger partial charge in [0, 0.05) is 0 Å². The van der Waals surface area contributed by atoms with E-state index in [9.17, 15) is 9.59 Å². The van der Waals surface area contributed by atoms with Crippen LogP contribution in [0.25, 0.3) is 0 Å². The van der Waals surface area contributed by atoms with Crippen LogP contribution in [0.5, 0.6) is 0 Å². The van der Waals surface area contributed by atoms with E-state index in [1.807, 2.05) is 0 Å². The summed E-state index contributed by atoms with van der Waals surface area (Å²) in [5.74, 6) is -1.85. The number of carboxylic acid groups (broad SMARTS) is 1. The molecule has 0 heterocycles. The van der Waals surface area contributed by atoms with E-state index >= 15 is 0 Å². The molecule has 0 aromatic heterocycles. The van der Waals surface area contributed by atoms with Crippen molar-refractivity contribution >= 4 is 11.9 Å². The van der Waals surface area contributed by atoms with Gasteiger partial charge in [0.05, 0.1) is 12.1 Å². The van der Waals surface area contributed by atoms with E-state index in [1.54, 1.807) is 6.92 Å². The van der Waals surface area contributed by atoms with E-state index in [0.29, 0.717) is 6.42 Å². The molecule has 0 aromatic carbocycles. The third kappa shape index (κ3) is 3.71. The Morgan fingerprint density at radius 1 is 1.50 bits per heavy atom. The molecule has 1 amide bonds. The zero-order valence-electron chi connectivity index (χ0n) is 8.23. The summed E-state index contributed by atoms with van der Waals surface area (Å²) in [5.41, 5.74) is 5.38. The summed E-state index contributed by atoms with van der Waals surface area (Å²) < 4.78 is 0. The average Bonchev–Trinajstić information content (AvgIpc) is 2.11. The summed E-state index contributed by atoms with van der Waals surface area (Å²) in [4.78, 5) is 21.8. The van der Waals surface area contributed by atoms with Gasteiger partial charge < -0.3 is 21.3 Å². The molecule has 0 rings (SSSR count). The summed E-state index contributed by atoms with van der Waals surface area (Å²) in [6.45, 7) is 3.00. The number of aliphatic carboxylic acids is 1. The van der Waals surface area contributed by atoms with Crippen molar-refractivity contribution in [1.29, 1.82) is 0 Å². The molecule has 6 heteroatoms. The maximum Gasteiger partial charge on any atom is 0.328 e. The van der Waals surface area contributed by atoms with E-state index in [0.717, 1.165) is 0 Å². The number of hydrogen-bond donors (Lipinski definition) is 4. The molecule has 14 heavy (non-hydrogen) atoms. The van der Waals surface area contributed by atoms with E-state index in [4.69, 9.17) is 15.9 Å². The molecule has 0 bridgehead atoms. The van der Waals surface area contributed by atoms with Crippen LogP contribution >= 0.6 is 0 Å². The normalized spacial score (nSPS) is 16.9. The van der Waals surface area contributed by atoms with Gasteiger partial charge in [-0.3, -0.25) is 4.79 Å². The van der Waals surface area contributed by atoms with Crippen molar-refractivity contribution < 1.29 is 19.8 Å². The Hall–Kier alpha value is -1.14. The minimum absolute atomic E-state index is 0.415. The maximum absolute atomic E-state index is 11.2. The number of carbonyl (C=O) groups excluding carboxylic acids is 1. The summed E-state index contributed by atoms with van der Waals surface area (Å²) >= 11 is 0. The van der Waals surface area contributed by atoms with Crippen LogP contribution in [0.2, 0.25) is 0 Å². The fourth-order valence-corrected chi connectivity index (χ4v) is 0.834. The second-order valence-electron chi connectivity index (χ2n) is 3.08. The van der Waals surface area contributed by atoms with Crippen molar-refractivity contribution in [1.82, 2.24) is 5.32 Å². The maximum atomic E-state index is 11.2. The zero-order valence-corrected chi connectivity index (χ0v) is 8.23. The molecule has 0 fully saturated rings. The fourth-order valence-electron chi connectivity index (χ4n) is 0.834. The van der Waals surface area contributed by atoms with Crippen LogP contribution in [0.15, 0.2) is 0 Å². The molecule has 0 spiro atoms. The Balaban J connectivity index is 4.31. The lowest BCUT2D eigenvalue weighted by molar-refractivity contribution is -0.145. The highest BCUT2D eigenvalue weighted by Gasteiger charge is 2.26. The summed E-state index contributed by atoms with van der Waals surface area (Å²) in [5, 5.41) is 19.8. The van der Waals surface area contributed by atoms with E-state index < -0.39 is 30.1 Å². The van der Waals surface area contributed by atoms with Crippen molar-refractivity contribution in [3.63, 3.8) is 0 Å². The molecule has 82 valence electrons. The second-order valence-corrected chi connectivity index (χ2v) is 3.08. The number of nitrogens with one attached hydrogen (secondary N) is 1. The number of hydrogen-bond acceptors (Lipinski definition) is 4. The van der Waals surface area contributed by atoms with Crippen molar-refractivity contribution in [2.45, 2.75) is 38.5 Å². The predicted molar refractivity (Wildman–Crippen MR) is 49.5 cm³/mol. The average molecular weight is 204 g/mol. The van der Waals surface area contributed by atoms with Gasteiger partial charge in [0.15, 0.2) is 6.04 Å². The number of aliphatic hydroxyl groups excluding tert-OH is 1. The largest absolute Gasteiger partial charge is 0.480 e. The van der Waals surface area contributed by atoms with Gasteiger partial charge in [-0.05, 0) is 13.3 Å². The molecule has 5 N–H and O–H groups in total. The van der Waals surface area contributed by atoms with Crippen molar-refractivity contribution in [3.8, 4) is 0 Å². The van der Waals surface area contributed by atoms with Crippen LogP contribution in [0, 0.1) is 0 Å². The lowest BCUT2D eigenvalue weighted by Crippen LogP contribution is -2.52. The van der Waals surface area contributed by atoms with Gasteiger partial charge in [0.2, 0.25) is 5.91 Å². The molecule has 0 saturated carbocycles. The van der Waals surface area contributed by atoms with Crippen molar-refractivity contribution in [2.24, 2.45) is 5.73 Å². The Labute approximate surface area is 82.1 Å². The molecule has 0 aliphatic rings. The van der Waals surface area contributed by atoms with E-state index in [2.05, 4.69) is 5.32 Å². The number of aliphatic hydroxyl groups is 1. The molecule has 0 aliphatic carbocycles. The van der Waals surface area contributed by atoms with Gasteiger partial charge in [-0.25, -0.2) is 4.79 Å². The highest BCUT2D eigenvalue weighted by molar-refractivity contribution is 5.87. The molecule has 0 radical (unpaired) electrons. The Morgan fingerprint density at radius 3 is 2.29 bits per heavy atom. The zero-order chi connectivity index (χ0) is 11.3. The topological polar surface area (TPSA) is 113 Å². The molecule has 3 atom stereocenters. The van der Waals surface area contributed by atoms with Crippen LogP contribution in [0.4, 0.5) is 0 Å². The van der Waals surface area contributed by atoms with Gasteiger partial charge >= 0.3 is 5.97 Å². The minimum atomic E-state index is -1.31. The summed E-state index contributed by atoms with van der Waals surface area (Å²) in [6.07, 6.45) is -0.738. The summed E-state index contributed by atoms with van der Waals surface area (Å²) in [7, 11) is 0. The SMILES string of the molecule is CC[C@H](N)C(=O)N[C@@H](C(=O)O)[C@H](C)O. The lowest BCUT2D eigenvalue weighted by atomic mass is 10.1. The van der Waals surface area contributed by atoms with Crippen LogP contribution in [-0.2, 0) is 9.59 Å². The molecular weight excluding hydrogens is 188 g/mol. The molecule has 6 nitrogen and oxygen atoms in total. The molecular formula is C8H16N2O4. The van der Waals surface area contributed by atoms with Crippen LogP contribution in [0.1, 0.15) is 20.3 Å². The van der Waals surface area contributed by atoms with Gasteiger partial charge in [-0.1, -0.05) is 6.92 Å². The van der Waals surface area contributed by atoms with Gasteiger partial charge in [0.1, 0.15) is 0 Å². The standard InChI is InChI=1S/C8H16N2O4/c1-3-5(9)7(12)10-6(4(2)11)8(13)14/h4-6,11H,3,9H2,1-2H3,(H,10,12)(H,13,14)/t4-,5-,6+/m0/s1. The van der Waals surface area contributed by atoms with E-state index in [1.165, 1.54) is 6.92 Å². The first kappa shape index (κ1) is 12.9. The number of nitrogens with two attached hydrogens (primary N) is 1.